The maximum Gasteiger partial charge on any atom is 0.229 e. The normalized spacial score (nSPS) is 17.5. The van der Waals surface area contributed by atoms with E-state index in [4.69, 9.17) is 23.2 Å². The molecular formula is C17H16Cl2N6O. The van der Waals surface area contributed by atoms with E-state index < -0.39 is 0 Å². The summed E-state index contributed by atoms with van der Waals surface area (Å²) in [5, 5.41) is 16.2. The minimum absolute atomic E-state index is 0.0516. The molecule has 0 spiro atoms. The van der Waals surface area contributed by atoms with Gasteiger partial charge >= 0.3 is 0 Å². The number of halogens is 2. The summed E-state index contributed by atoms with van der Waals surface area (Å²) in [5.74, 6) is 0.609. The van der Waals surface area contributed by atoms with Gasteiger partial charge in [0, 0.05) is 18.1 Å². The monoisotopic (exact) mass is 390 g/mol. The Hall–Kier alpha value is -2.38. The van der Waals surface area contributed by atoms with Gasteiger partial charge in [-0.2, -0.15) is 4.52 Å². The Labute approximate surface area is 159 Å². The van der Waals surface area contributed by atoms with Gasteiger partial charge in [0.15, 0.2) is 5.65 Å². The summed E-state index contributed by atoms with van der Waals surface area (Å²) >= 11 is 12.0. The van der Waals surface area contributed by atoms with Crippen molar-refractivity contribution in [1.82, 2.24) is 19.8 Å². The fourth-order valence-electron chi connectivity index (χ4n) is 3.11. The molecule has 1 amide bonds. The lowest BCUT2D eigenvalue weighted by Crippen LogP contribution is -2.41. The summed E-state index contributed by atoms with van der Waals surface area (Å²) in [5.41, 5.74) is 1.26. The molecule has 0 radical (unpaired) electrons. The van der Waals surface area contributed by atoms with Crippen molar-refractivity contribution in [2.24, 2.45) is 5.92 Å². The lowest BCUT2D eigenvalue weighted by Gasteiger charge is -2.32. The second-order valence-electron chi connectivity index (χ2n) is 6.22. The first-order chi connectivity index (χ1) is 12.6. The number of amides is 1. The third-order valence-corrected chi connectivity index (χ3v) is 5.00. The van der Waals surface area contributed by atoms with Crippen LogP contribution in [0.3, 0.4) is 0 Å². The fraction of sp³-hybridized carbons (Fsp3) is 0.294. The molecule has 1 aliphatic rings. The summed E-state index contributed by atoms with van der Waals surface area (Å²) in [6, 6.07) is 8.80. The highest BCUT2D eigenvalue weighted by Crippen LogP contribution is 2.27. The van der Waals surface area contributed by atoms with Gasteiger partial charge in [-0.1, -0.05) is 23.2 Å². The Bertz CT molecular complexity index is 959. The van der Waals surface area contributed by atoms with Gasteiger partial charge in [0.1, 0.15) is 12.1 Å². The van der Waals surface area contributed by atoms with Crippen molar-refractivity contribution in [3.05, 3.63) is 46.7 Å². The molecule has 7 nitrogen and oxygen atoms in total. The zero-order chi connectivity index (χ0) is 18.1. The lowest BCUT2D eigenvalue weighted by molar-refractivity contribution is -0.120. The predicted octanol–water partition coefficient (Wildman–Crippen LogP) is 3.29. The zero-order valence-corrected chi connectivity index (χ0v) is 15.3. The molecule has 2 aromatic heterocycles. The maximum absolute atomic E-state index is 12.7. The fourth-order valence-corrected chi connectivity index (χ4v) is 3.57. The van der Waals surface area contributed by atoms with Crippen LogP contribution >= 0.6 is 23.2 Å². The molecule has 0 saturated carbocycles. The average Bonchev–Trinajstić information content (AvgIpc) is 3.12. The van der Waals surface area contributed by atoms with Crippen molar-refractivity contribution >= 4 is 46.3 Å². The van der Waals surface area contributed by atoms with Crippen LogP contribution in [-0.2, 0) is 4.79 Å². The van der Waals surface area contributed by atoms with Crippen molar-refractivity contribution in [3.63, 3.8) is 0 Å². The number of fused-ring (bicyclic) bond motifs is 1. The third-order valence-electron chi connectivity index (χ3n) is 4.45. The molecule has 1 atom stereocenters. The standard InChI is InChI=1S/C17H16Cl2N6O/c18-12-3-4-14(13(19)8-12)21-17(26)11-2-1-7-24(9-11)16-6-5-15-22-20-10-25(15)23-16/h3-6,8,10-11H,1-2,7,9H2,(H,21,26)/t11-/m0/s1. The van der Waals surface area contributed by atoms with E-state index in [0.717, 1.165) is 25.2 Å². The number of rotatable bonds is 3. The molecule has 1 fully saturated rings. The van der Waals surface area contributed by atoms with Crippen molar-refractivity contribution < 1.29 is 4.79 Å². The van der Waals surface area contributed by atoms with Gasteiger partial charge in [0.2, 0.25) is 5.91 Å². The second-order valence-corrected chi connectivity index (χ2v) is 7.07. The number of aromatic nitrogens is 4. The van der Waals surface area contributed by atoms with Gasteiger partial charge in [0.25, 0.3) is 0 Å². The molecule has 4 rings (SSSR count). The number of benzene rings is 1. The molecule has 1 aromatic carbocycles. The Balaban J connectivity index is 1.48. The number of anilines is 2. The number of carbonyl (C=O) groups is 1. The van der Waals surface area contributed by atoms with Crippen LogP contribution in [0.2, 0.25) is 10.0 Å². The summed E-state index contributed by atoms with van der Waals surface area (Å²) in [4.78, 5) is 14.8. The molecule has 3 aromatic rings. The topological polar surface area (TPSA) is 75.4 Å². The first-order valence-electron chi connectivity index (χ1n) is 8.28. The zero-order valence-electron chi connectivity index (χ0n) is 13.8. The van der Waals surface area contributed by atoms with E-state index in [1.165, 1.54) is 0 Å². The molecule has 1 N–H and O–H groups in total. The molecule has 3 heterocycles. The number of nitrogens with one attached hydrogen (secondary N) is 1. The largest absolute Gasteiger partial charge is 0.354 e. The summed E-state index contributed by atoms with van der Waals surface area (Å²) < 4.78 is 1.63. The number of hydrogen-bond acceptors (Lipinski definition) is 5. The van der Waals surface area contributed by atoms with Crippen LogP contribution in [0.25, 0.3) is 5.65 Å². The minimum atomic E-state index is -0.145. The molecular weight excluding hydrogens is 375 g/mol. The molecule has 0 bridgehead atoms. The third kappa shape index (κ3) is 3.45. The highest BCUT2D eigenvalue weighted by Gasteiger charge is 2.27. The van der Waals surface area contributed by atoms with Crippen LogP contribution in [-0.4, -0.2) is 38.8 Å². The molecule has 0 unspecified atom stereocenters. The smallest absolute Gasteiger partial charge is 0.229 e. The van der Waals surface area contributed by atoms with E-state index in [2.05, 4.69) is 25.5 Å². The van der Waals surface area contributed by atoms with Crippen molar-refractivity contribution in [2.75, 3.05) is 23.3 Å². The molecule has 26 heavy (non-hydrogen) atoms. The molecule has 1 saturated heterocycles. The summed E-state index contributed by atoms with van der Waals surface area (Å²) in [7, 11) is 0. The van der Waals surface area contributed by atoms with Gasteiger partial charge in [-0.15, -0.1) is 15.3 Å². The van der Waals surface area contributed by atoms with Crippen molar-refractivity contribution in [3.8, 4) is 0 Å². The Kier molecular flexibility index (Phi) is 4.65. The summed E-state index contributed by atoms with van der Waals surface area (Å²) in [6.07, 6.45) is 3.30. The first-order valence-corrected chi connectivity index (χ1v) is 9.04. The van der Waals surface area contributed by atoms with Crippen LogP contribution < -0.4 is 10.2 Å². The Morgan fingerprint density at radius 1 is 1.23 bits per heavy atom. The predicted molar refractivity (Wildman–Crippen MR) is 101 cm³/mol. The van der Waals surface area contributed by atoms with Gasteiger partial charge in [-0.3, -0.25) is 4.79 Å². The van der Waals surface area contributed by atoms with Gasteiger partial charge in [0.05, 0.1) is 16.6 Å². The van der Waals surface area contributed by atoms with E-state index in [9.17, 15) is 4.79 Å². The van der Waals surface area contributed by atoms with E-state index in [-0.39, 0.29) is 11.8 Å². The number of hydrogen-bond donors (Lipinski definition) is 1. The van der Waals surface area contributed by atoms with Crippen molar-refractivity contribution in [1.29, 1.82) is 0 Å². The Morgan fingerprint density at radius 3 is 2.96 bits per heavy atom. The van der Waals surface area contributed by atoms with Crippen LogP contribution in [0.4, 0.5) is 11.5 Å². The van der Waals surface area contributed by atoms with Gasteiger partial charge in [-0.25, -0.2) is 0 Å². The number of carbonyl (C=O) groups excluding carboxylic acids is 1. The van der Waals surface area contributed by atoms with Crippen molar-refractivity contribution in [2.45, 2.75) is 12.8 Å². The Morgan fingerprint density at radius 2 is 2.12 bits per heavy atom. The van der Waals surface area contributed by atoms with E-state index >= 15 is 0 Å². The van der Waals surface area contributed by atoms with E-state index in [1.54, 1.807) is 29.0 Å². The first kappa shape index (κ1) is 17.1. The molecule has 134 valence electrons. The highest BCUT2D eigenvalue weighted by molar-refractivity contribution is 6.36. The molecule has 1 aliphatic heterocycles. The maximum atomic E-state index is 12.7. The van der Waals surface area contributed by atoms with Crippen LogP contribution in [0.15, 0.2) is 36.7 Å². The van der Waals surface area contributed by atoms with Gasteiger partial charge in [-0.05, 0) is 43.2 Å². The van der Waals surface area contributed by atoms with Crippen LogP contribution in [0.5, 0.6) is 0 Å². The van der Waals surface area contributed by atoms with Crippen LogP contribution in [0.1, 0.15) is 12.8 Å². The highest BCUT2D eigenvalue weighted by atomic mass is 35.5. The average molecular weight is 391 g/mol. The van der Waals surface area contributed by atoms with E-state index in [1.807, 2.05) is 12.1 Å². The van der Waals surface area contributed by atoms with E-state index in [0.29, 0.717) is 27.9 Å². The quantitative estimate of drug-likeness (QED) is 0.742. The molecule has 0 aliphatic carbocycles. The minimum Gasteiger partial charge on any atom is -0.354 e. The van der Waals surface area contributed by atoms with Gasteiger partial charge < -0.3 is 10.2 Å². The molecule has 9 heteroatoms. The second kappa shape index (κ2) is 7.09. The lowest BCUT2D eigenvalue weighted by atomic mass is 9.97. The number of nitrogens with zero attached hydrogens (tertiary/aromatic N) is 5. The van der Waals surface area contributed by atoms with Crippen LogP contribution in [0, 0.1) is 5.92 Å². The number of piperidine rings is 1. The SMILES string of the molecule is O=C(Nc1ccc(Cl)cc1Cl)[C@H]1CCCN(c2ccc3nncn3n2)C1. The summed E-state index contributed by atoms with van der Waals surface area (Å²) in [6.45, 7) is 1.45.